The molecule has 0 saturated carbocycles. The van der Waals surface area contributed by atoms with Crippen molar-refractivity contribution in [3.05, 3.63) is 54.6 Å². The molecule has 0 aromatic heterocycles. The first kappa shape index (κ1) is 15.3. The van der Waals surface area contributed by atoms with E-state index in [0.29, 0.717) is 5.11 Å². The quantitative estimate of drug-likeness (QED) is 0.605. The van der Waals surface area contributed by atoms with Gasteiger partial charge in [0.05, 0.1) is 5.69 Å². The van der Waals surface area contributed by atoms with Crippen LogP contribution in [-0.4, -0.2) is 11.7 Å². The standard InChI is InChI=1S/C17H20N2OS/c1-2-3-13-18-17(21)19-15-11-7-8-12-16(15)20-14-9-5-4-6-10-14/h4-12H,2-3,13H2,1H3,(H2,18,19,21). The van der Waals surface area contributed by atoms with E-state index in [0.717, 1.165) is 36.6 Å². The summed E-state index contributed by atoms with van der Waals surface area (Å²) < 4.78 is 5.89. The Morgan fingerprint density at radius 3 is 2.52 bits per heavy atom. The summed E-state index contributed by atoms with van der Waals surface area (Å²) in [6.45, 7) is 3.03. The molecule has 21 heavy (non-hydrogen) atoms. The number of unbranched alkanes of at least 4 members (excludes halogenated alkanes) is 1. The van der Waals surface area contributed by atoms with Gasteiger partial charge in [-0.3, -0.25) is 0 Å². The van der Waals surface area contributed by atoms with Crippen molar-refractivity contribution in [2.45, 2.75) is 19.8 Å². The van der Waals surface area contributed by atoms with Crippen LogP contribution in [0.5, 0.6) is 11.5 Å². The number of thiocarbonyl (C=S) groups is 1. The summed E-state index contributed by atoms with van der Waals surface area (Å²) >= 11 is 5.30. The van der Waals surface area contributed by atoms with Crippen LogP contribution in [-0.2, 0) is 0 Å². The topological polar surface area (TPSA) is 33.3 Å². The van der Waals surface area contributed by atoms with Gasteiger partial charge in [-0.05, 0) is 42.9 Å². The van der Waals surface area contributed by atoms with E-state index in [4.69, 9.17) is 17.0 Å². The van der Waals surface area contributed by atoms with Crippen molar-refractivity contribution in [2.75, 3.05) is 11.9 Å². The predicted molar refractivity (Wildman–Crippen MR) is 92.1 cm³/mol. The van der Waals surface area contributed by atoms with Crippen molar-refractivity contribution in [3.8, 4) is 11.5 Å². The van der Waals surface area contributed by atoms with Gasteiger partial charge in [-0.25, -0.2) is 0 Å². The van der Waals surface area contributed by atoms with E-state index in [-0.39, 0.29) is 0 Å². The lowest BCUT2D eigenvalue weighted by Gasteiger charge is -2.14. The van der Waals surface area contributed by atoms with E-state index in [1.807, 2.05) is 54.6 Å². The van der Waals surface area contributed by atoms with Crippen LogP contribution in [0.1, 0.15) is 19.8 Å². The fourth-order valence-corrected chi connectivity index (χ4v) is 2.03. The molecule has 0 spiro atoms. The highest BCUT2D eigenvalue weighted by molar-refractivity contribution is 7.80. The Morgan fingerprint density at radius 1 is 1.05 bits per heavy atom. The zero-order valence-electron chi connectivity index (χ0n) is 12.1. The second-order valence-electron chi connectivity index (χ2n) is 4.65. The van der Waals surface area contributed by atoms with Crippen molar-refractivity contribution in [3.63, 3.8) is 0 Å². The van der Waals surface area contributed by atoms with E-state index < -0.39 is 0 Å². The average molecular weight is 300 g/mol. The van der Waals surface area contributed by atoms with Crippen molar-refractivity contribution in [1.29, 1.82) is 0 Å². The van der Waals surface area contributed by atoms with E-state index in [9.17, 15) is 0 Å². The lowest BCUT2D eigenvalue weighted by Crippen LogP contribution is -2.29. The van der Waals surface area contributed by atoms with Gasteiger partial charge < -0.3 is 15.4 Å². The first-order chi connectivity index (χ1) is 10.3. The lowest BCUT2D eigenvalue weighted by atomic mass is 10.3. The Hall–Kier alpha value is -2.07. The molecule has 2 N–H and O–H groups in total. The molecule has 0 unspecified atom stereocenters. The Kier molecular flexibility index (Phi) is 6.03. The lowest BCUT2D eigenvalue weighted by molar-refractivity contribution is 0.485. The van der Waals surface area contributed by atoms with Gasteiger partial charge in [0.2, 0.25) is 0 Å². The zero-order valence-corrected chi connectivity index (χ0v) is 13.0. The molecule has 0 heterocycles. The summed E-state index contributed by atoms with van der Waals surface area (Å²) in [5.74, 6) is 1.56. The summed E-state index contributed by atoms with van der Waals surface area (Å²) in [5.41, 5.74) is 0.857. The second kappa shape index (κ2) is 8.27. The van der Waals surface area contributed by atoms with Gasteiger partial charge in [-0.1, -0.05) is 43.7 Å². The van der Waals surface area contributed by atoms with Crippen LogP contribution in [0.3, 0.4) is 0 Å². The summed E-state index contributed by atoms with van der Waals surface area (Å²) in [5, 5.41) is 6.99. The first-order valence-corrected chi connectivity index (χ1v) is 7.57. The van der Waals surface area contributed by atoms with Crippen molar-refractivity contribution in [1.82, 2.24) is 5.32 Å². The van der Waals surface area contributed by atoms with Gasteiger partial charge >= 0.3 is 0 Å². The third-order valence-electron chi connectivity index (χ3n) is 2.92. The van der Waals surface area contributed by atoms with Crippen LogP contribution in [0.4, 0.5) is 5.69 Å². The molecule has 110 valence electrons. The van der Waals surface area contributed by atoms with Crippen molar-refractivity contribution in [2.24, 2.45) is 0 Å². The van der Waals surface area contributed by atoms with Gasteiger partial charge in [0.25, 0.3) is 0 Å². The summed E-state index contributed by atoms with van der Waals surface area (Å²) in [6, 6.07) is 17.5. The molecule has 0 saturated heterocycles. The number of rotatable bonds is 6. The van der Waals surface area contributed by atoms with E-state index in [1.54, 1.807) is 0 Å². The third-order valence-corrected chi connectivity index (χ3v) is 3.17. The molecule has 0 aliphatic carbocycles. The maximum Gasteiger partial charge on any atom is 0.170 e. The van der Waals surface area contributed by atoms with Gasteiger partial charge in [0.1, 0.15) is 5.75 Å². The van der Waals surface area contributed by atoms with Crippen LogP contribution >= 0.6 is 12.2 Å². The molecule has 3 nitrogen and oxygen atoms in total. The highest BCUT2D eigenvalue weighted by Gasteiger charge is 2.05. The molecule has 0 radical (unpaired) electrons. The molecule has 0 aliphatic rings. The van der Waals surface area contributed by atoms with Crippen molar-refractivity contribution >= 4 is 23.0 Å². The Balaban J connectivity index is 2.01. The minimum atomic E-state index is 0.618. The van der Waals surface area contributed by atoms with Crippen LogP contribution in [0.25, 0.3) is 0 Å². The maximum absolute atomic E-state index is 5.89. The van der Waals surface area contributed by atoms with Crippen molar-refractivity contribution < 1.29 is 4.74 Å². The summed E-state index contributed by atoms with van der Waals surface area (Å²) in [4.78, 5) is 0. The van der Waals surface area contributed by atoms with Crippen LogP contribution in [0.15, 0.2) is 54.6 Å². The number of anilines is 1. The highest BCUT2D eigenvalue weighted by Crippen LogP contribution is 2.28. The molecule has 0 atom stereocenters. The SMILES string of the molecule is CCCCNC(=S)Nc1ccccc1Oc1ccccc1. The number of para-hydroxylation sites is 3. The van der Waals surface area contributed by atoms with Crippen LogP contribution < -0.4 is 15.4 Å². The normalized spacial score (nSPS) is 9.95. The highest BCUT2D eigenvalue weighted by atomic mass is 32.1. The number of benzene rings is 2. The zero-order chi connectivity index (χ0) is 14.9. The Morgan fingerprint density at radius 2 is 1.76 bits per heavy atom. The maximum atomic E-state index is 5.89. The fourth-order valence-electron chi connectivity index (χ4n) is 1.82. The smallest absolute Gasteiger partial charge is 0.170 e. The number of hydrogen-bond acceptors (Lipinski definition) is 2. The molecule has 0 fully saturated rings. The molecule has 4 heteroatoms. The molecule has 0 bridgehead atoms. The number of ether oxygens (including phenoxy) is 1. The van der Waals surface area contributed by atoms with Crippen LogP contribution in [0, 0.1) is 0 Å². The molecular weight excluding hydrogens is 280 g/mol. The van der Waals surface area contributed by atoms with Gasteiger partial charge in [0, 0.05) is 6.54 Å². The molecular formula is C17H20N2OS. The average Bonchev–Trinajstić information content (AvgIpc) is 2.51. The van der Waals surface area contributed by atoms with Crippen LogP contribution in [0.2, 0.25) is 0 Å². The summed E-state index contributed by atoms with van der Waals surface area (Å²) in [6.07, 6.45) is 2.24. The molecule has 2 aromatic rings. The minimum Gasteiger partial charge on any atom is -0.455 e. The van der Waals surface area contributed by atoms with E-state index in [2.05, 4.69) is 17.6 Å². The van der Waals surface area contributed by atoms with Gasteiger partial charge in [0.15, 0.2) is 10.9 Å². The molecule has 0 aliphatic heterocycles. The largest absolute Gasteiger partial charge is 0.455 e. The fraction of sp³-hybridized carbons (Fsp3) is 0.235. The van der Waals surface area contributed by atoms with Gasteiger partial charge in [-0.2, -0.15) is 0 Å². The molecule has 0 amide bonds. The second-order valence-corrected chi connectivity index (χ2v) is 5.05. The van der Waals surface area contributed by atoms with Gasteiger partial charge in [-0.15, -0.1) is 0 Å². The Bertz CT molecular complexity index is 572. The summed E-state index contributed by atoms with van der Waals surface area (Å²) in [7, 11) is 0. The predicted octanol–water partition coefficient (Wildman–Crippen LogP) is 4.57. The molecule has 2 aromatic carbocycles. The first-order valence-electron chi connectivity index (χ1n) is 7.16. The number of nitrogens with one attached hydrogen (secondary N) is 2. The number of hydrogen-bond donors (Lipinski definition) is 2. The minimum absolute atomic E-state index is 0.618. The monoisotopic (exact) mass is 300 g/mol. The Labute approximate surface area is 131 Å². The third kappa shape index (κ3) is 5.08. The van der Waals surface area contributed by atoms with E-state index in [1.165, 1.54) is 0 Å². The van der Waals surface area contributed by atoms with E-state index >= 15 is 0 Å². The molecule has 2 rings (SSSR count).